The highest BCUT2D eigenvalue weighted by molar-refractivity contribution is 6.29. The summed E-state index contributed by atoms with van der Waals surface area (Å²) >= 11 is 5.66. The molecule has 0 unspecified atom stereocenters. The van der Waals surface area contributed by atoms with Gasteiger partial charge in [0.25, 0.3) is 5.91 Å². The number of halogens is 1. The fraction of sp³-hybridized carbons (Fsp3) is 0.250. The van der Waals surface area contributed by atoms with Crippen molar-refractivity contribution in [2.24, 2.45) is 0 Å². The van der Waals surface area contributed by atoms with Gasteiger partial charge in [0.15, 0.2) is 0 Å². The van der Waals surface area contributed by atoms with Gasteiger partial charge < -0.3 is 16.4 Å². The number of hydrogen-bond acceptors (Lipinski definition) is 3. The monoisotopic (exact) mass is 253 g/mol. The van der Waals surface area contributed by atoms with E-state index >= 15 is 0 Å². The van der Waals surface area contributed by atoms with Crippen molar-refractivity contribution in [3.05, 3.63) is 35.4 Å². The van der Waals surface area contributed by atoms with E-state index < -0.39 is 0 Å². The molecule has 5 heteroatoms. The summed E-state index contributed by atoms with van der Waals surface area (Å²) in [6.07, 6.45) is 0. The lowest BCUT2D eigenvalue weighted by Crippen LogP contribution is -2.22. The molecule has 0 aromatic heterocycles. The molecule has 0 aliphatic heterocycles. The van der Waals surface area contributed by atoms with Crippen molar-refractivity contribution in [3.63, 3.8) is 0 Å². The predicted molar refractivity (Wildman–Crippen MR) is 72.3 cm³/mol. The van der Waals surface area contributed by atoms with Gasteiger partial charge in [-0.2, -0.15) is 0 Å². The van der Waals surface area contributed by atoms with Crippen LogP contribution in [0.3, 0.4) is 0 Å². The number of nitrogens with two attached hydrogens (primary N) is 1. The van der Waals surface area contributed by atoms with Gasteiger partial charge >= 0.3 is 0 Å². The molecule has 0 atom stereocenters. The fourth-order valence-electron chi connectivity index (χ4n) is 1.30. The molecule has 4 nitrogen and oxygen atoms in total. The zero-order valence-electron chi connectivity index (χ0n) is 9.72. The molecular weight excluding hydrogens is 238 g/mol. The van der Waals surface area contributed by atoms with Crippen LogP contribution in [0.25, 0.3) is 0 Å². The Kier molecular flexibility index (Phi) is 4.84. The summed E-state index contributed by atoms with van der Waals surface area (Å²) < 4.78 is 0. The summed E-state index contributed by atoms with van der Waals surface area (Å²) in [5, 5.41) is 6.21. The molecule has 1 aromatic carbocycles. The van der Waals surface area contributed by atoms with Gasteiger partial charge in [0.2, 0.25) is 0 Å². The van der Waals surface area contributed by atoms with Crippen LogP contribution in [0.4, 0.5) is 11.4 Å². The van der Waals surface area contributed by atoms with Gasteiger partial charge in [-0.05, 0) is 25.1 Å². The molecule has 0 radical (unpaired) electrons. The molecule has 4 N–H and O–H groups in total. The topological polar surface area (TPSA) is 67.2 Å². The van der Waals surface area contributed by atoms with E-state index in [1.807, 2.05) is 6.92 Å². The Morgan fingerprint density at radius 2 is 2.24 bits per heavy atom. The van der Waals surface area contributed by atoms with Crippen LogP contribution < -0.4 is 16.4 Å². The molecule has 0 aliphatic rings. The van der Waals surface area contributed by atoms with Crippen molar-refractivity contribution in [2.45, 2.75) is 6.92 Å². The molecular formula is C12H16ClN3O. The van der Waals surface area contributed by atoms with E-state index in [0.29, 0.717) is 35.1 Å². The zero-order valence-corrected chi connectivity index (χ0v) is 10.5. The maximum absolute atomic E-state index is 11.6. The summed E-state index contributed by atoms with van der Waals surface area (Å²) in [4.78, 5) is 11.6. The van der Waals surface area contributed by atoms with Crippen molar-refractivity contribution >= 4 is 28.9 Å². The normalized spacial score (nSPS) is 9.76. The second kappa shape index (κ2) is 6.15. The minimum Gasteiger partial charge on any atom is -0.397 e. The highest BCUT2D eigenvalue weighted by Crippen LogP contribution is 2.20. The summed E-state index contributed by atoms with van der Waals surface area (Å²) in [5.41, 5.74) is 7.58. The Morgan fingerprint density at radius 3 is 2.82 bits per heavy atom. The first-order chi connectivity index (χ1) is 8.04. The molecule has 0 heterocycles. The third-order valence-electron chi connectivity index (χ3n) is 2.12. The third-order valence-corrected chi connectivity index (χ3v) is 2.26. The summed E-state index contributed by atoms with van der Waals surface area (Å²) in [5.74, 6) is -0.125. The summed E-state index contributed by atoms with van der Waals surface area (Å²) in [6.45, 7) is 6.43. The van der Waals surface area contributed by atoms with Crippen LogP contribution in [0.5, 0.6) is 0 Å². The minimum atomic E-state index is -0.125. The van der Waals surface area contributed by atoms with Gasteiger partial charge in [-0.15, -0.1) is 0 Å². The molecule has 92 valence electrons. The van der Waals surface area contributed by atoms with Crippen LogP contribution in [0, 0.1) is 0 Å². The molecule has 0 bridgehead atoms. The molecule has 1 aromatic rings. The molecule has 1 rings (SSSR count). The average molecular weight is 254 g/mol. The molecule has 0 saturated carbocycles. The second-order valence-electron chi connectivity index (χ2n) is 3.53. The predicted octanol–water partition coefficient (Wildman–Crippen LogP) is 2.18. The maximum atomic E-state index is 11.6. The summed E-state index contributed by atoms with van der Waals surface area (Å²) in [6, 6.07) is 5.06. The van der Waals surface area contributed by atoms with E-state index in [-0.39, 0.29) is 5.91 Å². The van der Waals surface area contributed by atoms with Crippen molar-refractivity contribution in [2.75, 3.05) is 24.1 Å². The van der Waals surface area contributed by atoms with Gasteiger partial charge in [-0.25, -0.2) is 0 Å². The number of nitrogen functional groups attached to an aromatic ring is 1. The van der Waals surface area contributed by atoms with E-state index in [0.717, 1.165) is 0 Å². The van der Waals surface area contributed by atoms with Gasteiger partial charge in [-0.1, -0.05) is 18.2 Å². The van der Waals surface area contributed by atoms with Crippen molar-refractivity contribution in [1.29, 1.82) is 0 Å². The Labute approximate surface area is 106 Å². The van der Waals surface area contributed by atoms with Crippen molar-refractivity contribution in [3.8, 4) is 0 Å². The first-order valence-corrected chi connectivity index (χ1v) is 5.67. The van der Waals surface area contributed by atoms with E-state index in [9.17, 15) is 4.79 Å². The Bertz CT molecular complexity index is 432. The standard InChI is InChI=1S/C12H16ClN3O/c1-3-15-12(17)9-4-5-10(14)11(6-9)16-7-8(2)13/h4-6,16H,2-3,7,14H2,1H3,(H,15,17). The molecule has 0 fully saturated rings. The van der Waals surface area contributed by atoms with E-state index in [4.69, 9.17) is 17.3 Å². The SMILES string of the molecule is C=C(Cl)CNc1cc(C(=O)NCC)ccc1N. The Balaban J connectivity index is 2.86. The van der Waals surface area contributed by atoms with Crippen LogP contribution >= 0.6 is 11.6 Å². The minimum absolute atomic E-state index is 0.125. The highest BCUT2D eigenvalue weighted by atomic mass is 35.5. The van der Waals surface area contributed by atoms with Crippen LogP contribution in [0.15, 0.2) is 29.8 Å². The number of carbonyl (C=O) groups is 1. The van der Waals surface area contributed by atoms with E-state index in [2.05, 4.69) is 17.2 Å². The molecule has 0 aliphatic carbocycles. The smallest absolute Gasteiger partial charge is 0.251 e. The fourth-order valence-corrected chi connectivity index (χ4v) is 1.37. The quantitative estimate of drug-likeness (QED) is 0.705. The first kappa shape index (κ1) is 13.4. The largest absolute Gasteiger partial charge is 0.397 e. The van der Waals surface area contributed by atoms with Gasteiger partial charge in [-0.3, -0.25) is 4.79 Å². The number of hydrogen-bond donors (Lipinski definition) is 3. The van der Waals surface area contributed by atoms with Crippen molar-refractivity contribution in [1.82, 2.24) is 5.32 Å². The number of amides is 1. The van der Waals surface area contributed by atoms with Gasteiger partial charge in [0.1, 0.15) is 0 Å². The van der Waals surface area contributed by atoms with E-state index in [1.54, 1.807) is 18.2 Å². The third kappa shape index (κ3) is 4.00. The number of nitrogens with one attached hydrogen (secondary N) is 2. The molecule has 0 saturated heterocycles. The van der Waals surface area contributed by atoms with Crippen LogP contribution in [0.1, 0.15) is 17.3 Å². The maximum Gasteiger partial charge on any atom is 0.251 e. The van der Waals surface area contributed by atoms with Gasteiger partial charge in [0.05, 0.1) is 17.9 Å². The number of rotatable bonds is 5. The Morgan fingerprint density at radius 1 is 1.53 bits per heavy atom. The highest BCUT2D eigenvalue weighted by Gasteiger charge is 2.07. The second-order valence-corrected chi connectivity index (χ2v) is 4.07. The number of benzene rings is 1. The molecule has 0 spiro atoms. The zero-order chi connectivity index (χ0) is 12.8. The van der Waals surface area contributed by atoms with Gasteiger partial charge in [0, 0.05) is 17.1 Å². The lowest BCUT2D eigenvalue weighted by atomic mass is 10.1. The lowest BCUT2D eigenvalue weighted by molar-refractivity contribution is 0.0956. The number of carbonyl (C=O) groups excluding carboxylic acids is 1. The van der Waals surface area contributed by atoms with Crippen LogP contribution in [-0.2, 0) is 0 Å². The summed E-state index contributed by atoms with van der Waals surface area (Å²) in [7, 11) is 0. The number of anilines is 2. The lowest BCUT2D eigenvalue weighted by Gasteiger charge is -2.10. The molecule has 17 heavy (non-hydrogen) atoms. The molecule has 1 amide bonds. The van der Waals surface area contributed by atoms with E-state index in [1.165, 1.54) is 0 Å². The van der Waals surface area contributed by atoms with Crippen LogP contribution in [-0.4, -0.2) is 19.0 Å². The Hall–Kier alpha value is -1.68. The van der Waals surface area contributed by atoms with Crippen molar-refractivity contribution < 1.29 is 4.79 Å². The average Bonchev–Trinajstić information content (AvgIpc) is 2.28. The van der Waals surface area contributed by atoms with Crippen LogP contribution in [0.2, 0.25) is 0 Å². The first-order valence-electron chi connectivity index (χ1n) is 5.29.